The fourth-order valence-electron chi connectivity index (χ4n) is 0.796. The molecule has 0 fully saturated rings. The van der Waals surface area contributed by atoms with Crippen molar-refractivity contribution in [1.29, 1.82) is 0 Å². The van der Waals surface area contributed by atoms with Crippen LogP contribution in [0.4, 0.5) is 0 Å². The summed E-state index contributed by atoms with van der Waals surface area (Å²) in [6, 6.07) is 3.51. The highest BCUT2D eigenvalue weighted by Gasteiger charge is 2.01. The van der Waals surface area contributed by atoms with Crippen LogP contribution in [0.2, 0.25) is 0 Å². The van der Waals surface area contributed by atoms with Gasteiger partial charge in [-0.3, -0.25) is 9.59 Å². The maximum atomic E-state index is 10.9. The van der Waals surface area contributed by atoms with Crippen molar-refractivity contribution in [2.45, 2.75) is 6.92 Å². The van der Waals surface area contributed by atoms with Gasteiger partial charge < -0.3 is 5.73 Å². The van der Waals surface area contributed by atoms with E-state index in [0.29, 0.717) is 4.88 Å². The monoisotopic (exact) mass is 195 g/mol. The maximum absolute atomic E-state index is 10.9. The number of hydrogen-bond donors (Lipinski definition) is 1. The summed E-state index contributed by atoms with van der Waals surface area (Å²) in [6.07, 6.45) is 2.87. The molecule has 3 nitrogen and oxygen atoms in total. The van der Waals surface area contributed by atoms with Crippen LogP contribution in [0.5, 0.6) is 0 Å². The van der Waals surface area contributed by atoms with Gasteiger partial charge >= 0.3 is 0 Å². The Morgan fingerprint density at radius 3 is 2.62 bits per heavy atom. The minimum Gasteiger partial charge on any atom is -0.366 e. The summed E-state index contributed by atoms with van der Waals surface area (Å²) in [5.41, 5.74) is 4.92. The van der Waals surface area contributed by atoms with Crippen molar-refractivity contribution in [3.8, 4) is 0 Å². The Balaban J connectivity index is 2.80. The van der Waals surface area contributed by atoms with Crippen molar-refractivity contribution in [3.63, 3.8) is 0 Å². The van der Waals surface area contributed by atoms with Gasteiger partial charge in [-0.15, -0.1) is 11.3 Å². The van der Waals surface area contributed by atoms with Gasteiger partial charge in [0, 0.05) is 11.0 Å². The highest BCUT2D eigenvalue weighted by molar-refractivity contribution is 7.14. The van der Waals surface area contributed by atoms with E-state index in [1.165, 1.54) is 24.3 Å². The molecule has 0 atom stereocenters. The van der Waals surface area contributed by atoms with E-state index in [1.54, 1.807) is 18.2 Å². The number of rotatable bonds is 3. The molecule has 4 heteroatoms. The third-order valence-electron chi connectivity index (χ3n) is 1.39. The van der Waals surface area contributed by atoms with Gasteiger partial charge in [0.2, 0.25) is 5.91 Å². The summed E-state index contributed by atoms with van der Waals surface area (Å²) < 4.78 is 0. The topological polar surface area (TPSA) is 60.2 Å². The van der Waals surface area contributed by atoms with E-state index in [1.807, 2.05) is 0 Å². The number of Topliss-reactive ketones (excluding diaryl/α,β-unsaturated/α-hetero) is 1. The lowest BCUT2D eigenvalue weighted by atomic mass is 10.3. The second-order valence-corrected chi connectivity index (χ2v) is 3.61. The molecule has 0 unspecified atom stereocenters. The van der Waals surface area contributed by atoms with Crippen LogP contribution < -0.4 is 5.73 Å². The minimum atomic E-state index is -0.488. The number of primary amides is 1. The molecular formula is C9H9NO2S. The van der Waals surface area contributed by atoms with E-state index in [-0.39, 0.29) is 5.78 Å². The summed E-state index contributed by atoms with van der Waals surface area (Å²) in [6.45, 7) is 1.51. The summed E-state index contributed by atoms with van der Waals surface area (Å²) in [5.74, 6) is -0.457. The van der Waals surface area contributed by atoms with Crippen molar-refractivity contribution in [2.24, 2.45) is 5.73 Å². The standard InChI is InChI=1S/C9H9NO2S/c1-6(11)8-4-2-7(13-8)3-5-9(10)12/h2-5H,1H3,(H2,10,12). The van der Waals surface area contributed by atoms with Gasteiger partial charge in [-0.25, -0.2) is 0 Å². The molecule has 1 amide bonds. The number of carbonyl (C=O) groups excluding carboxylic acids is 2. The van der Waals surface area contributed by atoms with E-state index in [4.69, 9.17) is 5.73 Å². The van der Waals surface area contributed by atoms with Gasteiger partial charge in [-0.1, -0.05) is 0 Å². The zero-order valence-electron chi connectivity index (χ0n) is 7.11. The quantitative estimate of drug-likeness (QED) is 0.586. The van der Waals surface area contributed by atoms with Gasteiger partial charge in [0.15, 0.2) is 5.78 Å². The molecule has 1 rings (SSSR count). The lowest BCUT2D eigenvalue weighted by molar-refractivity contribution is -0.113. The van der Waals surface area contributed by atoms with Crippen LogP contribution in [-0.2, 0) is 4.79 Å². The van der Waals surface area contributed by atoms with Gasteiger partial charge in [-0.2, -0.15) is 0 Å². The molecule has 1 aromatic heterocycles. The first kappa shape index (κ1) is 9.67. The zero-order valence-corrected chi connectivity index (χ0v) is 7.93. The van der Waals surface area contributed by atoms with Crippen molar-refractivity contribution in [3.05, 3.63) is 28.0 Å². The smallest absolute Gasteiger partial charge is 0.241 e. The van der Waals surface area contributed by atoms with Gasteiger partial charge in [0.1, 0.15) is 0 Å². The Morgan fingerprint density at radius 2 is 2.15 bits per heavy atom. The fourth-order valence-corrected chi connectivity index (χ4v) is 1.60. The first-order valence-corrected chi connectivity index (χ1v) is 4.49. The molecule has 0 aliphatic carbocycles. The highest BCUT2D eigenvalue weighted by Crippen LogP contribution is 2.17. The minimum absolute atomic E-state index is 0.0312. The van der Waals surface area contributed by atoms with Crippen LogP contribution in [0.25, 0.3) is 6.08 Å². The van der Waals surface area contributed by atoms with E-state index in [2.05, 4.69) is 0 Å². The van der Waals surface area contributed by atoms with Crippen LogP contribution >= 0.6 is 11.3 Å². The Hall–Kier alpha value is -1.42. The number of hydrogen-bond acceptors (Lipinski definition) is 3. The van der Waals surface area contributed by atoms with Crippen molar-refractivity contribution >= 4 is 29.1 Å². The number of amides is 1. The second kappa shape index (κ2) is 4.00. The third kappa shape index (κ3) is 2.83. The van der Waals surface area contributed by atoms with Gasteiger partial charge in [0.25, 0.3) is 0 Å². The summed E-state index contributed by atoms with van der Waals surface area (Å²) >= 11 is 1.34. The van der Waals surface area contributed by atoms with Crippen LogP contribution in [-0.4, -0.2) is 11.7 Å². The van der Waals surface area contributed by atoms with E-state index in [9.17, 15) is 9.59 Å². The summed E-state index contributed by atoms with van der Waals surface area (Å²) in [7, 11) is 0. The number of thiophene rings is 1. The molecule has 0 saturated carbocycles. The molecule has 2 N–H and O–H groups in total. The number of carbonyl (C=O) groups is 2. The van der Waals surface area contributed by atoms with Crippen LogP contribution in [0.3, 0.4) is 0 Å². The molecule has 0 radical (unpaired) electrons. The van der Waals surface area contributed by atoms with Crippen molar-refractivity contribution in [1.82, 2.24) is 0 Å². The van der Waals surface area contributed by atoms with Crippen LogP contribution in [0, 0.1) is 0 Å². The lowest BCUT2D eigenvalue weighted by Crippen LogP contribution is -2.04. The fraction of sp³-hybridized carbons (Fsp3) is 0.111. The SMILES string of the molecule is CC(=O)c1ccc(C=CC(N)=O)s1. The molecule has 0 aliphatic heterocycles. The Labute approximate surface area is 79.9 Å². The Kier molecular flexibility index (Phi) is 2.97. The molecule has 0 aliphatic rings. The number of nitrogens with two attached hydrogens (primary N) is 1. The molecule has 68 valence electrons. The van der Waals surface area contributed by atoms with Crippen LogP contribution in [0.1, 0.15) is 21.5 Å². The second-order valence-electron chi connectivity index (χ2n) is 2.49. The molecule has 0 bridgehead atoms. The average Bonchev–Trinajstić information content (AvgIpc) is 2.48. The predicted octanol–water partition coefficient (Wildman–Crippen LogP) is 1.45. The Morgan fingerprint density at radius 1 is 1.46 bits per heavy atom. The van der Waals surface area contributed by atoms with E-state index in [0.717, 1.165) is 4.88 Å². The maximum Gasteiger partial charge on any atom is 0.241 e. The van der Waals surface area contributed by atoms with Crippen molar-refractivity contribution in [2.75, 3.05) is 0 Å². The molecule has 13 heavy (non-hydrogen) atoms. The van der Waals surface area contributed by atoms with E-state index < -0.39 is 5.91 Å². The normalized spacial score (nSPS) is 10.5. The zero-order chi connectivity index (χ0) is 9.84. The largest absolute Gasteiger partial charge is 0.366 e. The third-order valence-corrected chi connectivity index (χ3v) is 2.54. The average molecular weight is 195 g/mol. The molecular weight excluding hydrogens is 186 g/mol. The van der Waals surface area contributed by atoms with E-state index >= 15 is 0 Å². The van der Waals surface area contributed by atoms with Gasteiger partial charge in [-0.05, 0) is 25.1 Å². The Bertz CT molecular complexity index is 365. The highest BCUT2D eigenvalue weighted by atomic mass is 32.1. The molecule has 0 aromatic carbocycles. The van der Waals surface area contributed by atoms with Gasteiger partial charge in [0.05, 0.1) is 4.88 Å². The first-order valence-electron chi connectivity index (χ1n) is 3.68. The molecule has 1 aromatic rings. The predicted molar refractivity (Wildman–Crippen MR) is 52.6 cm³/mol. The summed E-state index contributed by atoms with van der Waals surface area (Å²) in [5, 5.41) is 0. The molecule has 0 spiro atoms. The molecule has 0 saturated heterocycles. The van der Waals surface area contributed by atoms with Crippen LogP contribution in [0.15, 0.2) is 18.2 Å². The molecule has 1 heterocycles. The number of ketones is 1. The first-order chi connectivity index (χ1) is 6.09. The summed E-state index contributed by atoms with van der Waals surface area (Å²) in [4.78, 5) is 22.8. The lowest BCUT2D eigenvalue weighted by Gasteiger charge is -1.83. The van der Waals surface area contributed by atoms with Crippen molar-refractivity contribution < 1.29 is 9.59 Å².